The van der Waals surface area contributed by atoms with Crippen molar-refractivity contribution in [2.45, 2.75) is 12.2 Å². The zero-order valence-corrected chi connectivity index (χ0v) is 12.1. The number of hydrogen-bond acceptors (Lipinski definition) is 4. The molecule has 0 saturated carbocycles. The molecule has 0 fully saturated rings. The van der Waals surface area contributed by atoms with Crippen molar-refractivity contribution in [2.24, 2.45) is 4.99 Å². The lowest BCUT2D eigenvalue weighted by Crippen LogP contribution is -2.05. The van der Waals surface area contributed by atoms with Crippen LogP contribution in [0.2, 0.25) is 0 Å². The molecular weight excluding hydrogens is 268 g/mol. The fourth-order valence-electron chi connectivity index (χ4n) is 1.90. The first kappa shape index (κ1) is 13.1. The van der Waals surface area contributed by atoms with Gasteiger partial charge in [0.25, 0.3) is 0 Å². The Hall–Kier alpha value is -1.94. The Morgan fingerprint density at radius 1 is 1.05 bits per heavy atom. The third kappa shape index (κ3) is 3.33. The van der Waals surface area contributed by atoms with Crippen molar-refractivity contribution in [3.63, 3.8) is 0 Å². The van der Waals surface area contributed by atoms with E-state index in [4.69, 9.17) is 4.74 Å². The van der Waals surface area contributed by atoms with Gasteiger partial charge in [-0.3, -0.25) is 4.99 Å². The Balaban J connectivity index is 1.63. The van der Waals surface area contributed by atoms with Gasteiger partial charge in [0.15, 0.2) is 5.17 Å². The van der Waals surface area contributed by atoms with Crippen LogP contribution in [-0.4, -0.2) is 17.0 Å². The van der Waals surface area contributed by atoms with Gasteiger partial charge in [0.05, 0.1) is 6.54 Å². The summed E-state index contributed by atoms with van der Waals surface area (Å²) in [6.07, 6.45) is 0. The third-order valence-electron chi connectivity index (χ3n) is 2.89. The summed E-state index contributed by atoms with van der Waals surface area (Å²) in [5.41, 5.74) is 1.03. The summed E-state index contributed by atoms with van der Waals surface area (Å²) in [5, 5.41) is 4.88. The van der Waals surface area contributed by atoms with Crippen LogP contribution in [0.3, 0.4) is 0 Å². The lowest BCUT2D eigenvalue weighted by Gasteiger charge is -2.08. The lowest BCUT2D eigenvalue weighted by molar-refractivity contribution is 0.483. The number of anilines is 1. The number of nitrogens with one attached hydrogen (secondary N) is 1. The predicted octanol–water partition coefficient (Wildman–Crippen LogP) is 4.38. The van der Waals surface area contributed by atoms with E-state index in [-0.39, 0.29) is 0 Å². The van der Waals surface area contributed by atoms with Gasteiger partial charge in [0.1, 0.15) is 11.5 Å². The minimum absolute atomic E-state index is 0.568. The minimum Gasteiger partial charge on any atom is -0.457 e. The SMILES string of the molecule is CC1CN=C(Nc2ccc(Oc3ccccc3)cc2)S1. The first-order valence-electron chi connectivity index (χ1n) is 6.61. The van der Waals surface area contributed by atoms with Gasteiger partial charge in [0.2, 0.25) is 0 Å². The highest BCUT2D eigenvalue weighted by Gasteiger charge is 2.14. The molecule has 1 atom stereocenters. The van der Waals surface area contributed by atoms with Crippen molar-refractivity contribution < 1.29 is 4.74 Å². The van der Waals surface area contributed by atoms with E-state index >= 15 is 0 Å². The maximum absolute atomic E-state index is 5.76. The van der Waals surface area contributed by atoms with Crippen LogP contribution in [0, 0.1) is 0 Å². The average Bonchev–Trinajstić information content (AvgIpc) is 2.88. The number of para-hydroxylation sites is 1. The van der Waals surface area contributed by atoms with Crippen LogP contribution in [0.15, 0.2) is 59.6 Å². The van der Waals surface area contributed by atoms with Crippen LogP contribution in [0.4, 0.5) is 5.69 Å². The molecule has 102 valence electrons. The summed E-state index contributed by atoms with van der Waals surface area (Å²) in [6, 6.07) is 17.7. The fraction of sp³-hybridized carbons (Fsp3) is 0.188. The first-order chi connectivity index (χ1) is 9.79. The van der Waals surface area contributed by atoms with Crippen LogP contribution in [0.1, 0.15) is 6.92 Å². The molecule has 0 saturated heterocycles. The standard InChI is InChI=1S/C16H16N2OS/c1-12-11-17-16(20-12)18-13-7-9-15(10-8-13)19-14-5-3-2-4-6-14/h2-10,12H,11H2,1H3,(H,17,18). The predicted molar refractivity (Wildman–Crippen MR) is 85.9 cm³/mol. The van der Waals surface area contributed by atoms with Gasteiger partial charge in [-0.15, -0.1) is 0 Å². The molecular formula is C16H16N2OS. The monoisotopic (exact) mass is 284 g/mol. The molecule has 0 amide bonds. The summed E-state index contributed by atoms with van der Waals surface area (Å²) in [6.45, 7) is 3.07. The molecule has 1 N–H and O–H groups in total. The van der Waals surface area contributed by atoms with E-state index in [2.05, 4.69) is 17.2 Å². The van der Waals surface area contributed by atoms with Crippen molar-refractivity contribution >= 4 is 22.6 Å². The zero-order chi connectivity index (χ0) is 13.8. The Kier molecular flexibility index (Phi) is 3.92. The largest absolute Gasteiger partial charge is 0.457 e. The number of hydrogen-bond donors (Lipinski definition) is 1. The molecule has 20 heavy (non-hydrogen) atoms. The van der Waals surface area contributed by atoms with Crippen LogP contribution < -0.4 is 10.1 Å². The van der Waals surface area contributed by atoms with Crippen LogP contribution in [-0.2, 0) is 0 Å². The first-order valence-corrected chi connectivity index (χ1v) is 7.49. The summed E-state index contributed by atoms with van der Waals surface area (Å²) in [4.78, 5) is 4.44. The van der Waals surface area contributed by atoms with Gasteiger partial charge < -0.3 is 10.1 Å². The van der Waals surface area contributed by atoms with Gasteiger partial charge in [-0.2, -0.15) is 0 Å². The van der Waals surface area contributed by atoms with Crippen molar-refractivity contribution in [3.8, 4) is 11.5 Å². The van der Waals surface area contributed by atoms with E-state index < -0.39 is 0 Å². The van der Waals surface area contributed by atoms with E-state index in [0.29, 0.717) is 5.25 Å². The van der Waals surface area contributed by atoms with Gasteiger partial charge in [-0.05, 0) is 36.4 Å². The van der Waals surface area contributed by atoms with Crippen LogP contribution in [0.5, 0.6) is 11.5 Å². The molecule has 0 bridgehead atoms. The van der Waals surface area contributed by atoms with E-state index in [9.17, 15) is 0 Å². The highest BCUT2D eigenvalue weighted by atomic mass is 32.2. The Bertz CT molecular complexity index is 596. The Morgan fingerprint density at radius 2 is 1.75 bits per heavy atom. The van der Waals surface area contributed by atoms with Gasteiger partial charge in [-0.1, -0.05) is 36.9 Å². The quantitative estimate of drug-likeness (QED) is 0.908. The topological polar surface area (TPSA) is 33.6 Å². The van der Waals surface area contributed by atoms with Crippen LogP contribution >= 0.6 is 11.8 Å². The van der Waals surface area contributed by atoms with Crippen molar-refractivity contribution in [3.05, 3.63) is 54.6 Å². The molecule has 3 nitrogen and oxygen atoms in total. The van der Waals surface area contributed by atoms with E-state index in [1.807, 2.05) is 54.6 Å². The van der Waals surface area contributed by atoms with Crippen molar-refractivity contribution in [1.82, 2.24) is 0 Å². The van der Waals surface area contributed by atoms with Gasteiger partial charge in [0, 0.05) is 10.9 Å². The summed E-state index contributed by atoms with van der Waals surface area (Å²) in [5.74, 6) is 1.67. The molecule has 0 spiro atoms. The lowest BCUT2D eigenvalue weighted by atomic mass is 10.3. The van der Waals surface area contributed by atoms with E-state index in [1.165, 1.54) is 0 Å². The second kappa shape index (κ2) is 6.01. The molecule has 0 aliphatic carbocycles. The molecule has 1 aliphatic rings. The minimum atomic E-state index is 0.568. The number of amidine groups is 1. The number of benzene rings is 2. The molecule has 1 unspecified atom stereocenters. The number of thioether (sulfide) groups is 1. The molecule has 2 aromatic carbocycles. The maximum Gasteiger partial charge on any atom is 0.161 e. The van der Waals surface area contributed by atoms with Crippen molar-refractivity contribution in [2.75, 3.05) is 11.9 Å². The molecule has 1 heterocycles. The molecule has 0 aromatic heterocycles. The summed E-state index contributed by atoms with van der Waals surface area (Å²) < 4.78 is 5.76. The third-order valence-corrected chi connectivity index (χ3v) is 3.90. The maximum atomic E-state index is 5.76. The highest BCUT2D eigenvalue weighted by molar-refractivity contribution is 8.15. The molecule has 2 aromatic rings. The van der Waals surface area contributed by atoms with Crippen molar-refractivity contribution in [1.29, 1.82) is 0 Å². The van der Waals surface area contributed by atoms with E-state index in [0.717, 1.165) is 28.9 Å². The van der Waals surface area contributed by atoms with Gasteiger partial charge >= 0.3 is 0 Å². The molecule has 0 radical (unpaired) electrons. The second-order valence-corrected chi connectivity index (χ2v) is 6.07. The highest BCUT2D eigenvalue weighted by Crippen LogP contribution is 2.25. The molecule has 1 aliphatic heterocycles. The number of ether oxygens (including phenoxy) is 1. The normalized spacial score (nSPS) is 17.6. The number of rotatable bonds is 3. The smallest absolute Gasteiger partial charge is 0.161 e. The summed E-state index contributed by atoms with van der Waals surface area (Å²) in [7, 11) is 0. The fourth-order valence-corrected chi connectivity index (χ4v) is 2.76. The van der Waals surface area contributed by atoms with Gasteiger partial charge in [-0.25, -0.2) is 0 Å². The average molecular weight is 284 g/mol. The second-order valence-electron chi connectivity index (χ2n) is 4.64. The Morgan fingerprint density at radius 3 is 2.40 bits per heavy atom. The van der Waals surface area contributed by atoms with E-state index in [1.54, 1.807) is 11.8 Å². The van der Waals surface area contributed by atoms with Crippen LogP contribution in [0.25, 0.3) is 0 Å². The number of aliphatic imine (C=N–C) groups is 1. The summed E-state index contributed by atoms with van der Waals surface area (Å²) >= 11 is 1.77. The zero-order valence-electron chi connectivity index (χ0n) is 11.2. The molecule has 3 rings (SSSR count). The Labute approximate surface area is 123 Å². The molecule has 4 heteroatoms. The number of nitrogens with zero attached hydrogens (tertiary/aromatic N) is 1.